The molecule has 7 rings (SSSR count). The predicted octanol–water partition coefficient (Wildman–Crippen LogP) is 6.98. The minimum absolute atomic E-state index is 0.0967. The Morgan fingerprint density at radius 3 is 1.47 bits per heavy atom. The molecule has 4 aliphatic carbocycles. The molecule has 4 heteroatoms. The molecule has 36 heavy (non-hydrogen) atoms. The second kappa shape index (κ2) is 8.68. The lowest BCUT2D eigenvalue weighted by atomic mass is 9.50. The lowest BCUT2D eigenvalue weighted by molar-refractivity contribution is -0.0181. The van der Waals surface area contributed by atoms with Crippen LogP contribution in [0.5, 0.6) is 0 Å². The van der Waals surface area contributed by atoms with Gasteiger partial charge in [0.05, 0.1) is 11.1 Å². The second-order valence-electron chi connectivity index (χ2n) is 10.9. The van der Waals surface area contributed by atoms with Crippen molar-refractivity contribution in [3.05, 3.63) is 83.4 Å². The summed E-state index contributed by atoms with van der Waals surface area (Å²) in [5, 5.41) is 18.7. The van der Waals surface area contributed by atoms with E-state index in [1.54, 1.807) is 24.3 Å². The second-order valence-corrected chi connectivity index (χ2v) is 10.9. The van der Waals surface area contributed by atoms with Crippen LogP contribution in [0.25, 0.3) is 22.3 Å². The van der Waals surface area contributed by atoms with E-state index in [1.807, 2.05) is 42.5 Å². The maximum Gasteiger partial charge on any atom is 0.335 e. The summed E-state index contributed by atoms with van der Waals surface area (Å²) in [4.78, 5) is 22.7. The van der Waals surface area contributed by atoms with E-state index in [9.17, 15) is 19.8 Å². The van der Waals surface area contributed by atoms with Crippen molar-refractivity contribution in [3.8, 4) is 34.1 Å². The number of carboxylic acid groups (broad SMARTS) is 2. The first-order valence-corrected chi connectivity index (χ1v) is 12.7. The molecule has 0 heterocycles. The van der Waals surface area contributed by atoms with Crippen LogP contribution >= 0.6 is 0 Å². The fourth-order valence-electron chi connectivity index (χ4n) is 7.21. The van der Waals surface area contributed by atoms with Crippen molar-refractivity contribution in [1.29, 1.82) is 0 Å². The number of benzene rings is 3. The van der Waals surface area contributed by atoms with Gasteiger partial charge >= 0.3 is 11.9 Å². The summed E-state index contributed by atoms with van der Waals surface area (Å²) in [6.07, 6.45) is 7.70. The summed E-state index contributed by atoms with van der Waals surface area (Å²) in [5.41, 5.74) is 5.27. The van der Waals surface area contributed by atoms with E-state index in [0.717, 1.165) is 45.6 Å². The molecule has 4 bridgehead atoms. The molecule has 0 aliphatic heterocycles. The van der Waals surface area contributed by atoms with Gasteiger partial charge in [-0.2, -0.15) is 0 Å². The van der Waals surface area contributed by atoms with Gasteiger partial charge in [-0.05, 0) is 103 Å². The molecule has 4 aliphatic rings. The standard InChI is InChI=1S/C32H28O4/c33-30(34)25-8-4-23(5-9-25)27-2-1-3-28(24-6-10-26(11-7-24)31(35)36)29(27)12-13-32-17-20-14-21(18-32)16-22(15-20)19-32/h1-11,20-22H,14-19H2,(H,33,34)(H,35,36). The molecule has 4 nitrogen and oxygen atoms in total. The van der Waals surface area contributed by atoms with Crippen LogP contribution in [0.1, 0.15) is 64.8 Å². The summed E-state index contributed by atoms with van der Waals surface area (Å²) in [6, 6.07) is 19.9. The molecule has 3 aromatic rings. The van der Waals surface area contributed by atoms with Gasteiger partial charge < -0.3 is 10.2 Å². The third kappa shape index (κ3) is 4.09. The molecule has 0 unspecified atom stereocenters. The van der Waals surface area contributed by atoms with E-state index < -0.39 is 11.9 Å². The fraction of sp³-hybridized carbons (Fsp3) is 0.312. The fourth-order valence-corrected chi connectivity index (χ4v) is 7.21. The predicted molar refractivity (Wildman–Crippen MR) is 139 cm³/mol. The SMILES string of the molecule is O=C(O)c1ccc(-c2cccc(-c3ccc(C(=O)O)cc3)c2C#CC23CC4CC(CC(C4)C2)C3)cc1. The van der Waals surface area contributed by atoms with Crippen molar-refractivity contribution < 1.29 is 19.8 Å². The monoisotopic (exact) mass is 476 g/mol. The molecular weight excluding hydrogens is 448 g/mol. The molecule has 0 saturated heterocycles. The quantitative estimate of drug-likeness (QED) is 0.398. The van der Waals surface area contributed by atoms with E-state index in [1.165, 1.54) is 38.5 Å². The summed E-state index contributed by atoms with van der Waals surface area (Å²) < 4.78 is 0. The molecule has 2 N–H and O–H groups in total. The van der Waals surface area contributed by atoms with Gasteiger partial charge in [0.2, 0.25) is 0 Å². The topological polar surface area (TPSA) is 74.6 Å². The summed E-state index contributed by atoms with van der Waals surface area (Å²) in [6.45, 7) is 0. The molecule has 3 aromatic carbocycles. The molecule has 0 radical (unpaired) electrons. The van der Waals surface area contributed by atoms with Crippen LogP contribution in [0.4, 0.5) is 0 Å². The smallest absolute Gasteiger partial charge is 0.335 e. The maximum absolute atomic E-state index is 11.4. The Kier molecular flexibility index (Phi) is 5.45. The first-order valence-electron chi connectivity index (χ1n) is 12.7. The zero-order chi connectivity index (χ0) is 24.9. The van der Waals surface area contributed by atoms with Crippen molar-refractivity contribution in [2.24, 2.45) is 23.2 Å². The number of carbonyl (C=O) groups is 2. The Morgan fingerprint density at radius 1 is 0.667 bits per heavy atom. The van der Waals surface area contributed by atoms with Gasteiger partial charge in [-0.1, -0.05) is 54.3 Å². The van der Waals surface area contributed by atoms with E-state index in [-0.39, 0.29) is 16.5 Å². The molecule has 4 saturated carbocycles. The van der Waals surface area contributed by atoms with Gasteiger partial charge in [0.15, 0.2) is 0 Å². The Labute approximate surface area is 211 Å². The van der Waals surface area contributed by atoms with Crippen LogP contribution in [0, 0.1) is 35.0 Å². The zero-order valence-electron chi connectivity index (χ0n) is 20.0. The number of hydrogen-bond acceptors (Lipinski definition) is 2. The third-order valence-corrected chi connectivity index (χ3v) is 8.44. The van der Waals surface area contributed by atoms with Crippen molar-refractivity contribution in [3.63, 3.8) is 0 Å². The number of aromatic carboxylic acids is 2. The lowest BCUT2D eigenvalue weighted by Crippen LogP contribution is -2.45. The van der Waals surface area contributed by atoms with Crippen LogP contribution < -0.4 is 0 Å². The van der Waals surface area contributed by atoms with Gasteiger partial charge in [-0.3, -0.25) is 0 Å². The molecule has 0 atom stereocenters. The minimum Gasteiger partial charge on any atom is -0.478 e. The van der Waals surface area contributed by atoms with Gasteiger partial charge in [0, 0.05) is 11.0 Å². The summed E-state index contributed by atoms with van der Waals surface area (Å²) >= 11 is 0. The highest BCUT2D eigenvalue weighted by molar-refractivity contribution is 5.90. The Balaban J connectivity index is 1.47. The largest absolute Gasteiger partial charge is 0.478 e. The number of hydrogen-bond donors (Lipinski definition) is 2. The van der Waals surface area contributed by atoms with Crippen molar-refractivity contribution >= 4 is 11.9 Å². The minimum atomic E-state index is -0.948. The third-order valence-electron chi connectivity index (χ3n) is 8.44. The Bertz CT molecular complexity index is 1290. The molecule has 0 spiro atoms. The highest BCUT2D eigenvalue weighted by atomic mass is 16.4. The van der Waals surface area contributed by atoms with E-state index in [2.05, 4.69) is 11.8 Å². The average Bonchev–Trinajstić information content (AvgIpc) is 2.86. The number of carboxylic acids is 2. The molecule has 0 amide bonds. The summed E-state index contributed by atoms with van der Waals surface area (Å²) in [5.74, 6) is 7.95. The van der Waals surface area contributed by atoms with Crippen LogP contribution in [0.3, 0.4) is 0 Å². The zero-order valence-corrected chi connectivity index (χ0v) is 20.0. The lowest BCUT2D eigenvalue weighted by Gasteiger charge is -2.54. The molecule has 0 aromatic heterocycles. The van der Waals surface area contributed by atoms with Gasteiger partial charge in [0.1, 0.15) is 0 Å². The average molecular weight is 477 g/mol. The van der Waals surface area contributed by atoms with E-state index in [4.69, 9.17) is 0 Å². The normalized spacial score (nSPS) is 25.7. The first-order chi connectivity index (χ1) is 17.4. The molecule has 180 valence electrons. The highest BCUT2D eigenvalue weighted by Crippen LogP contribution is 2.59. The van der Waals surface area contributed by atoms with Crippen LogP contribution in [-0.4, -0.2) is 22.2 Å². The Hall–Kier alpha value is -3.84. The summed E-state index contributed by atoms with van der Waals surface area (Å²) in [7, 11) is 0. The maximum atomic E-state index is 11.4. The van der Waals surface area contributed by atoms with Crippen molar-refractivity contribution in [2.45, 2.75) is 38.5 Å². The highest BCUT2D eigenvalue weighted by Gasteiger charge is 2.50. The number of rotatable bonds is 4. The van der Waals surface area contributed by atoms with E-state index in [0.29, 0.717) is 0 Å². The molecule has 4 fully saturated rings. The van der Waals surface area contributed by atoms with Crippen molar-refractivity contribution in [1.82, 2.24) is 0 Å². The van der Waals surface area contributed by atoms with Crippen LogP contribution in [0.2, 0.25) is 0 Å². The van der Waals surface area contributed by atoms with Gasteiger partial charge in [-0.25, -0.2) is 9.59 Å². The van der Waals surface area contributed by atoms with Gasteiger partial charge in [0.25, 0.3) is 0 Å². The molecular formula is C32H28O4. The van der Waals surface area contributed by atoms with Crippen LogP contribution in [-0.2, 0) is 0 Å². The Morgan fingerprint density at radius 2 is 1.08 bits per heavy atom. The first kappa shape index (κ1) is 22.6. The van der Waals surface area contributed by atoms with Crippen molar-refractivity contribution in [2.75, 3.05) is 0 Å². The van der Waals surface area contributed by atoms with E-state index >= 15 is 0 Å². The van der Waals surface area contributed by atoms with Gasteiger partial charge in [-0.15, -0.1) is 0 Å². The van der Waals surface area contributed by atoms with Crippen LogP contribution in [0.15, 0.2) is 66.7 Å².